The number of nitrogens with zero attached hydrogens (tertiary/aromatic N) is 8. The first-order valence-electron chi connectivity index (χ1n) is 23.5. The molecule has 4 heterocycles. The quantitative estimate of drug-likeness (QED) is 0.161. The van der Waals surface area contributed by atoms with Crippen molar-refractivity contribution in [2.24, 2.45) is 0 Å². The van der Waals surface area contributed by atoms with Gasteiger partial charge in [-0.1, -0.05) is 146 Å². The summed E-state index contributed by atoms with van der Waals surface area (Å²) in [7, 11) is 0. The Morgan fingerprint density at radius 2 is 0.569 bits per heavy atom. The van der Waals surface area contributed by atoms with E-state index in [0.29, 0.717) is 33.9 Å². The van der Waals surface area contributed by atoms with E-state index < -0.39 is 0 Å². The van der Waals surface area contributed by atoms with Crippen LogP contribution in [-0.4, -0.2) is 18.3 Å². The van der Waals surface area contributed by atoms with Crippen molar-refractivity contribution >= 4 is 98.6 Å². The van der Waals surface area contributed by atoms with Gasteiger partial charge in [-0.3, -0.25) is 0 Å². The second-order valence-electron chi connectivity index (χ2n) is 18.0. The second kappa shape index (κ2) is 15.4. The van der Waals surface area contributed by atoms with Crippen molar-refractivity contribution in [3.8, 4) is 46.0 Å². The van der Waals surface area contributed by atoms with Crippen LogP contribution < -0.4 is 0 Å². The standard InChI is InChI=1S/C64H34N8/c1-67-61-60(70-53-29-13-5-21-41(53)42-22-6-14-30-54(42)70)36-48(64(62(61)68-2)72-57-33-17-9-25-45(57)46-26-10-18-34-58(46)72)47-35-59(69-51-27-11-3-19-39(51)40-20-4-12-28-52(40)69)49(37-65)50(38-66)63(47)71-55-31-15-7-23-43(55)44-24-8-16-32-56(44)71/h3-36H. The van der Waals surface area contributed by atoms with Gasteiger partial charge >= 0.3 is 0 Å². The van der Waals surface area contributed by atoms with Gasteiger partial charge in [-0.05, 0) is 66.2 Å². The molecule has 0 aliphatic carbocycles. The van der Waals surface area contributed by atoms with Crippen LogP contribution in [0.25, 0.3) is 131 Å². The molecule has 0 atom stereocenters. The SMILES string of the molecule is [C-]#[N+]c1c(-n2c3ccccc3c3ccccc32)cc(-c2cc(-n3c4ccccc4c4ccccc43)c(C#N)c(C#N)c2-n2c3ccccc3c3ccccc32)c(-n2c3ccccc3c3ccccc32)c1[N+]#[C-]. The van der Waals surface area contributed by atoms with Crippen LogP contribution in [-0.2, 0) is 0 Å². The molecule has 72 heavy (non-hydrogen) atoms. The number of para-hydroxylation sites is 8. The van der Waals surface area contributed by atoms with E-state index >= 15 is 0 Å². The molecule has 0 N–H and O–H groups in total. The molecule has 330 valence electrons. The Hall–Kier alpha value is -10.6. The van der Waals surface area contributed by atoms with Crippen LogP contribution in [0.15, 0.2) is 206 Å². The van der Waals surface area contributed by atoms with Crippen LogP contribution in [0.4, 0.5) is 11.4 Å². The smallest absolute Gasteiger partial charge is 0.220 e. The van der Waals surface area contributed by atoms with E-state index in [4.69, 9.17) is 6.57 Å². The van der Waals surface area contributed by atoms with Gasteiger partial charge in [-0.2, -0.15) is 10.5 Å². The summed E-state index contributed by atoms with van der Waals surface area (Å²) in [5.74, 6) is 0. The summed E-state index contributed by atoms with van der Waals surface area (Å²) in [6, 6.07) is 74.5. The van der Waals surface area contributed by atoms with Crippen molar-refractivity contribution in [3.05, 3.63) is 240 Å². The van der Waals surface area contributed by atoms with E-state index in [0.717, 1.165) is 87.2 Å². The van der Waals surface area contributed by atoms with Crippen LogP contribution in [0.3, 0.4) is 0 Å². The van der Waals surface area contributed by atoms with Crippen molar-refractivity contribution in [2.75, 3.05) is 0 Å². The highest BCUT2D eigenvalue weighted by Gasteiger charge is 2.32. The molecule has 14 aromatic rings. The minimum atomic E-state index is 0.153. The zero-order chi connectivity index (χ0) is 48.2. The highest BCUT2D eigenvalue weighted by Crippen LogP contribution is 2.53. The Morgan fingerprint density at radius 1 is 0.306 bits per heavy atom. The molecule has 0 spiro atoms. The maximum atomic E-state index is 11.9. The molecule has 8 heteroatoms. The third-order valence-corrected chi connectivity index (χ3v) is 14.5. The van der Waals surface area contributed by atoms with E-state index in [2.05, 4.69) is 143 Å². The first-order valence-corrected chi connectivity index (χ1v) is 23.5. The molecule has 0 amide bonds. The lowest BCUT2D eigenvalue weighted by molar-refractivity contribution is 1.12. The van der Waals surface area contributed by atoms with Crippen molar-refractivity contribution in [3.63, 3.8) is 0 Å². The van der Waals surface area contributed by atoms with Crippen molar-refractivity contribution in [1.29, 1.82) is 10.5 Å². The fourth-order valence-corrected chi connectivity index (χ4v) is 11.6. The summed E-state index contributed by atoms with van der Waals surface area (Å²) in [5, 5.41) is 31.5. The van der Waals surface area contributed by atoms with E-state index in [1.165, 1.54) is 0 Å². The van der Waals surface area contributed by atoms with Crippen molar-refractivity contribution < 1.29 is 0 Å². The number of fused-ring (bicyclic) bond motifs is 12. The minimum absolute atomic E-state index is 0.153. The first kappa shape index (κ1) is 40.4. The monoisotopic (exact) mass is 914 g/mol. The summed E-state index contributed by atoms with van der Waals surface area (Å²) in [6.07, 6.45) is 0. The first-order chi connectivity index (χ1) is 35.6. The molecule has 0 bridgehead atoms. The fourth-order valence-electron chi connectivity index (χ4n) is 11.6. The summed E-state index contributed by atoms with van der Waals surface area (Å²) >= 11 is 0. The molecule has 8 nitrogen and oxygen atoms in total. The summed E-state index contributed by atoms with van der Waals surface area (Å²) < 4.78 is 8.44. The molecule has 0 saturated carbocycles. The van der Waals surface area contributed by atoms with Crippen LogP contribution >= 0.6 is 0 Å². The van der Waals surface area contributed by atoms with Gasteiger partial charge in [0.15, 0.2) is 0 Å². The zero-order valence-electron chi connectivity index (χ0n) is 38.2. The molecule has 0 aliphatic rings. The molecular weight excluding hydrogens is 881 g/mol. The molecule has 4 aromatic heterocycles. The van der Waals surface area contributed by atoms with Crippen LogP contribution in [0.1, 0.15) is 11.1 Å². The lowest BCUT2D eigenvalue weighted by atomic mass is 9.91. The summed E-state index contributed by atoms with van der Waals surface area (Å²) in [4.78, 5) is 8.74. The molecule has 0 saturated heterocycles. The van der Waals surface area contributed by atoms with Gasteiger partial charge in [-0.25, -0.2) is 9.69 Å². The van der Waals surface area contributed by atoms with Crippen LogP contribution in [0.2, 0.25) is 0 Å². The van der Waals surface area contributed by atoms with Gasteiger partial charge in [0.2, 0.25) is 11.4 Å². The van der Waals surface area contributed by atoms with Crippen molar-refractivity contribution in [1.82, 2.24) is 18.3 Å². The zero-order valence-corrected chi connectivity index (χ0v) is 38.2. The van der Waals surface area contributed by atoms with E-state index in [-0.39, 0.29) is 22.5 Å². The topological polar surface area (TPSA) is 76.0 Å². The van der Waals surface area contributed by atoms with E-state index in [9.17, 15) is 17.1 Å². The maximum absolute atomic E-state index is 11.9. The van der Waals surface area contributed by atoms with Crippen LogP contribution in [0.5, 0.6) is 0 Å². The highest BCUT2D eigenvalue weighted by atomic mass is 15.1. The third-order valence-electron chi connectivity index (χ3n) is 14.5. The average molecular weight is 915 g/mol. The normalized spacial score (nSPS) is 11.6. The van der Waals surface area contributed by atoms with E-state index in [1.807, 2.05) is 103 Å². The fraction of sp³-hybridized carbons (Fsp3) is 0. The Kier molecular flexibility index (Phi) is 8.67. The van der Waals surface area contributed by atoms with Gasteiger partial charge in [0.25, 0.3) is 0 Å². The number of benzene rings is 10. The molecule has 10 aromatic carbocycles. The maximum Gasteiger partial charge on any atom is 0.220 e. The molecule has 0 fully saturated rings. The predicted octanol–water partition coefficient (Wildman–Crippen LogP) is 16.6. The number of rotatable bonds is 5. The number of nitriles is 2. The third kappa shape index (κ3) is 5.41. The van der Waals surface area contributed by atoms with Gasteiger partial charge in [0.1, 0.15) is 12.1 Å². The Bertz CT molecular complexity index is 4350. The Labute approximate surface area is 411 Å². The Morgan fingerprint density at radius 3 is 0.889 bits per heavy atom. The molecule has 0 unspecified atom stereocenters. The number of hydrogen-bond acceptors (Lipinski definition) is 2. The number of hydrogen-bond donors (Lipinski definition) is 0. The molecular formula is C64H34N8. The van der Waals surface area contributed by atoms with Crippen molar-refractivity contribution in [2.45, 2.75) is 0 Å². The lowest BCUT2D eigenvalue weighted by Gasteiger charge is -2.25. The predicted molar refractivity (Wildman–Crippen MR) is 291 cm³/mol. The molecule has 14 rings (SSSR count). The average Bonchev–Trinajstić information content (AvgIpc) is 4.17. The van der Waals surface area contributed by atoms with Gasteiger partial charge in [-0.15, -0.1) is 0 Å². The lowest BCUT2D eigenvalue weighted by Crippen LogP contribution is -2.10. The Balaban J connectivity index is 1.27. The minimum Gasteiger partial charge on any atom is -0.320 e. The molecule has 0 radical (unpaired) electrons. The summed E-state index contributed by atoms with van der Waals surface area (Å²) in [5.41, 5.74) is 10.8. The van der Waals surface area contributed by atoms with Crippen LogP contribution in [0, 0.1) is 35.8 Å². The van der Waals surface area contributed by atoms with Gasteiger partial charge < -0.3 is 18.3 Å². The van der Waals surface area contributed by atoms with E-state index in [1.54, 1.807) is 0 Å². The largest absolute Gasteiger partial charge is 0.320 e. The van der Waals surface area contributed by atoms with Gasteiger partial charge in [0, 0.05) is 60.0 Å². The van der Waals surface area contributed by atoms with Gasteiger partial charge in [0.05, 0.1) is 79.8 Å². The highest BCUT2D eigenvalue weighted by molar-refractivity contribution is 6.16. The second-order valence-corrected chi connectivity index (χ2v) is 18.0. The molecule has 0 aliphatic heterocycles. The number of aromatic nitrogens is 4. The summed E-state index contributed by atoms with van der Waals surface area (Å²) in [6.45, 7) is 18.4.